The van der Waals surface area contributed by atoms with Gasteiger partial charge in [-0.1, -0.05) is 11.6 Å². The van der Waals surface area contributed by atoms with E-state index < -0.39 is 17.6 Å². The van der Waals surface area contributed by atoms with Crippen LogP contribution in [-0.2, 0) is 14.3 Å². The number of rotatable bonds is 4. The molecule has 0 saturated heterocycles. The maximum atomic E-state index is 12.9. The Morgan fingerprint density at radius 3 is 2.72 bits per heavy atom. The van der Waals surface area contributed by atoms with Crippen LogP contribution in [0.1, 0.15) is 0 Å². The van der Waals surface area contributed by atoms with Gasteiger partial charge in [-0.25, -0.2) is 4.39 Å². The first-order valence-corrected chi connectivity index (χ1v) is 5.45. The van der Waals surface area contributed by atoms with Crippen molar-refractivity contribution in [2.75, 3.05) is 25.6 Å². The molecule has 0 unspecified atom stereocenters. The molecule has 0 aliphatic rings. The lowest BCUT2D eigenvalue weighted by Crippen LogP contribution is -2.37. The number of halogens is 2. The number of hydrogen-bond acceptors (Lipinski definition) is 3. The molecule has 5 nitrogen and oxygen atoms in total. The highest BCUT2D eigenvalue weighted by molar-refractivity contribution is 6.39. The van der Waals surface area contributed by atoms with Gasteiger partial charge in [0.15, 0.2) is 0 Å². The maximum absolute atomic E-state index is 12.9. The third-order valence-electron chi connectivity index (χ3n) is 1.98. The topological polar surface area (TPSA) is 67.4 Å². The summed E-state index contributed by atoms with van der Waals surface area (Å²) in [5.41, 5.74) is 0.244. The van der Waals surface area contributed by atoms with Crippen LogP contribution in [0.15, 0.2) is 18.2 Å². The van der Waals surface area contributed by atoms with Gasteiger partial charge in [0.2, 0.25) is 0 Å². The number of anilines is 1. The molecule has 0 heterocycles. The second-order valence-electron chi connectivity index (χ2n) is 3.33. The summed E-state index contributed by atoms with van der Waals surface area (Å²) in [4.78, 5) is 22.7. The third-order valence-corrected chi connectivity index (χ3v) is 2.27. The van der Waals surface area contributed by atoms with E-state index in [-0.39, 0.29) is 17.3 Å². The van der Waals surface area contributed by atoms with E-state index in [0.29, 0.717) is 6.61 Å². The maximum Gasteiger partial charge on any atom is 0.313 e. The zero-order valence-corrected chi connectivity index (χ0v) is 10.4. The van der Waals surface area contributed by atoms with Gasteiger partial charge in [0.05, 0.1) is 11.6 Å². The molecule has 0 aliphatic heterocycles. The van der Waals surface area contributed by atoms with E-state index in [4.69, 9.17) is 16.3 Å². The fourth-order valence-electron chi connectivity index (χ4n) is 1.11. The number of nitrogens with one attached hydrogen (secondary N) is 2. The molecule has 0 fully saturated rings. The molecule has 1 aromatic rings. The van der Waals surface area contributed by atoms with E-state index in [1.165, 1.54) is 19.2 Å². The van der Waals surface area contributed by atoms with E-state index in [1.54, 1.807) is 0 Å². The molecule has 0 atom stereocenters. The number of methoxy groups -OCH3 is 1. The van der Waals surface area contributed by atoms with Gasteiger partial charge in [-0.2, -0.15) is 0 Å². The summed E-state index contributed by atoms with van der Waals surface area (Å²) in [7, 11) is 1.48. The Morgan fingerprint density at radius 2 is 2.11 bits per heavy atom. The van der Waals surface area contributed by atoms with Gasteiger partial charge < -0.3 is 15.4 Å². The SMILES string of the molecule is COCCNC(=O)C(=O)Nc1ccc(F)c(Cl)c1. The van der Waals surface area contributed by atoms with Gasteiger partial charge in [0.1, 0.15) is 5.82 Å². The molecule has 0 bridgehead atoms. The quantitative estimate of drug-likeness (QED) is 0.640. The minimum Gasteiger partial charge on any atom is -0.383 e. The molecule has 2 amide bonds. The van der Waals surface area contributed by atoms with Crippen LogP contribution in [0.4, 0.5) is 10.1 Å². The lowest BCUT2D eigenvalue weighted by atomic mass is 10.3. The van der Waals surface area contributed by atoms with Crippen LogP contribution in [0, 0.1) is 5.82 Å². The third kappa shape index (κ3) is 4.31. The van der Waals surface area contributed by atoms with Crippen molar-refractivity contribution in [3.05, 3.63) is 29.0 Å². The highest BCUT2D eigenvalue weighted by Gasteiger charge is 2.13. The van der Waals surface area contributed by atoms with E-state index in [2.05, 4.69) is 10.6 Å². The van der Waals surface area contributed by atoms with Crippen molar-refractivity contribution in [2.24, 2.45) is 0 Å². The molecule has 1 aromatic carbocycles. The minimum atomic E-state index is -0.853. The Bertz CT molecular complexity index is 454. The fraction of sp³-hybridized carbons (Fsp3) is 0.273. The van der Waals surface area contributed by atoms with Crippen molar-refractivity contribution in [2.45, 2.75) is 0 Å². The predicted octanol–water partition coefficient (Wildman–Crippen LogP) is 1.18. The molecule has 1 rings (SSSR count). The summed E-state index contributed by atoms with van der Waals surface area (Å²) in [6, 6.07) is 3.62. The van der Waals surface area contributed by atoms with Crippen molar-refractivity contribution in [1.82, 2.24) is 5.32 Å². The predicted molar refractivity (Wildman–Crippen MR) is 64.9 cm³/mol. The van der Waals surface area contributed by atoms with Crippen LogP contribution < -0.4 is 10.6 Å². The largest absolute Gasteiger partial charge is 0.383 e. The Morgan fingerprint density at radius 1 is 1.39 bits per heavy atom. The monoisotopic (exact) mass is 274 g/mol. The van der Waals surface area contributed by atoms with E-state index in [0.717, 1.165) is 6.07 Å². The van der Waals surface area contributed by atoms with Crippen molar-refractivity contribution >= 4 is 29.1 Å². The zero-order chi connectivity index (χ0) is 13.5. The number of amides is 2. The van der Waals surface area contributed by atoms with Gasteiger partial charge in [-0.05, 0) is 18.2 Å². The van der Waals surface area contributed by atoms with E-state index in [9.17, 15) is 14.0 Å². The van der Waals surface area contributed by atoms with Crippen molar-refractivity contribution in [3.63, 3.8) is 0 Å². The molecular weight excluding hydrogens is 263 g/mol. The highest BCUT2D eigenvalue weighted by atomic mass is 35.5. The second kappa shape index (κ2) is 6.93. The summed E-state index contributed by atoms with van der Waals surface area (Å²) in [5, 5.41) is 4.51. The summed E-state index contributed by atoms with van der Waals surface area (Å²) >= 11 is 5.54. The van der Waals surface area contributed by atoms with Gasteiger partial charge in [-0.15, -0.1) is 0 Å². The first kappa shape index (κ1) is 14.4. The molecular formula is C11H12ClFN2O3. The molecule has 2 N–H and O–H groups in total. The fourth-order valence-corrected chi connectivity index (χ4v) is 1.29. The summed E-state index contributed by atoms with van der Waals surface area (Å²) in [6.45, 7) is 0.536. The second-order valence-corrected chi connectivity index (χ2v) is 3.74. The molecule has 0 aliphatic carbocycles. The Kier molecular flexibility index (Phi) is 5.54. The lowest BCUT2D eigenvalue weighted by molar-refractivity contribution is -0.136. The van der Waals surface area contributed by atoms with Gasteiger partial charge in [-0.3, -0.25) is 9.59 Å². The van der Waals surface area contributed by atoms with Gasteiger partial charge >= 0.3 is 11.8 Å². The Labute approximate surface area is 108 Å². The lowest BCUT2D eigenvalue weighted by Gasteiger charge is -2.06. The van der Waals surface area contributed by atoms with Gasteiger partial charge in [0, 0.05) is 19.3 Å². The summed E-state index contributed by atoms with van der Waals surface area (Å²) in [5.74, 6) is -2.25. The zero-order valence-electron chi connectivity index (χ0n) is 9.63. The van der Waals surface area contributed by atoms with Crippen LogP contribution in [0.2, 0.25) is 5.02 Å². The van der Waals surface area contributed by atoms with Crippen LogP contribution in [0.3, 0.4) is 0 Å². The van der Waals surface area contributed by atoms with E-state index >= 15 is 0 Å². The summed E-state index contributed by atoms with van der Waals surface area (Å²) in [6.07, 6.45) is 0. The first-order valence-electron chi connectivity index (χ1n) is 5.07. The van der Waals surface area contributed by atoms with Crippen LogP contribution >= 0.6 is 11.6 Å². The molecule has 98 valence electrons. The van der Waals surface area contributed by atoms with Crippen molar-refractivity contribution in [1.29, 1.82) is 0 Å². The number of benzene rings is 1. The molecule has 0 radical (unpaired) electrons. The molecule has 7 heteroatoms. The number of carbonyl (C=O) groups is 2. The Balaban J connectivity index is 2.53. The highest BCUT2D eigenvalue weighted by Crippen LogP contribution is 2.19. The molecule has 0 aromatic heterocycles. The van der Waals surface area contributed by atoms with Gasteiger partial charge in [0.25, 0.3) is 0 Å². The van der Waals surface area contributed by atoms with Crippen LogP contribution in [0.25, 0.3) is 0 Å². The molecule has 0 saturated carbocycles. The average molecular weight is 275 g/mol. The Hall–Kier alpha value is -1.66. The van der Waals surface area contributed by atoms with Crippen molar-refractivity contribution in [3.8, 4) is 0 Å². The summed E-state index contributed by atoms with van der Waals surface area (Å²) < 4.78 is 17.6. The minimum absolute atomic E-state index is 0.132. The number of carbonyl (C=O) groups excluding carboxylic acids is 2. The smallest absolute Gasteiger partial charge is 0.313 e. The van der Waals surface area contributed by atoms with Crippen LogP contribution in [0.5, 0.6) is 0 Å². The number of hydrogen-bond donors (Lipinski definition) is 2. The standard InChI is InChI=1S/C11H12ClFN2O3/c1-18-5-4-14-10(16)11(17)15-7-2-3-9(13)8(12)6-7/h2-3,6H,4-5H2,1H3,(H,14,16)(H,15,17). The van der Waals surface area contributed by atoms with Crippen LogP contribution in [-0.4, -0.2) is 32.1 Å². The average Bonchev–Trinajstić information content (AvgIpc) is 2.34. The first-order chi connectivity index (χ1) is 8.54. The molecule has 0 spiro atoms. The normalized spacial score (nSPS) is 9.94. The van der Waals surface area contributed by atoms with Crippen molar-refractivity contribution < 1.29 is 18.7 Å². The van der Waals surface area contributed by atoms with E-state index in [1.807, 2.05) is 0 Å². The number of ether oxygens (including phenoxy) is 1. The molecule has 18 heavy (non-hydrogen) atoms.